The molecule has 11 nitrogen and oxygen atoms in total. The van der Waals surface area contributed by atoms with Crippen molar-refractivity contribution in [2.75, 3.05) is 59.9 Å². The summed E-state index contributed by atoms with van der Waals surface area (Å²) in [7, 11) is 4.26. The van der Waals surface area contributed by atoms with E-state index in [1.54, 1.807) is 0 Å². The minimum Gasteiger partial charge on any atom is -0.390 e. The molecule has 6 N–H and O–H groups in total. The molecule has 1 aromatic carbocycles. The Hall–Kier alpha value is -3.11. The molecule has 0 aromatic heterocycles. The number of aliphatic imine (C=N–C) groups is 1. The van der Waals surface area contributed by atoms with E-state index in [0.717, 1.165) is 93.9 Å². The number of hydrogen-bond acceptors (Lipinski definition) is 11. The van der Waals surface area contributed by atoms with Gasteiger partial charge in [0.05, 0.1) is 10.6 Å². The van der Waals surface area contributed by atoms with Crippen molar-refractivity contribution in [2.45, 2.75) is 226 Å². The number of nitrogens with one attached hydrogen (secondary N) is 6. The zero-order valence-corrected chi connectivity index (χ0v) is 51.4. The predicted octanol–water partition coefficient (Wildman–Crippen LogP) is 11.9. The molecule has 1 aromatic rings. The Morgan fingerprint density at radius 1 is 0.846 bits per heavy atom. The maximum atomic E-state index is 13.6. The molecule has 442 valence electrons. The van der Waals surface area contributed by atoms with Crippen molar-refractivity contribution in [1.82, 2.24) is 51.5 Å². The van der Waals surface area contributed by atoms with E-state index >= 15 is 0 Å². The minimum absolute atomic E-state index is 0.0765. The molecule has 0 amide bonds. The molecule has 15 heteroatoms. The van der Waals surface area contributed by atoms with Crippen molar-refractivity contribution < 1.29 is 13.2 Å². The number of benzene rings is 1. The first-order valence-corrected chi connectivity index (χ1v) is 31.1. The van der Waals surface area contributed by atoms with Gasteiger partial charge in [-0.2, -0.15) is 13.2 Å². The van der Waals surface area contributed by atoms with Gasteiger partial charge in [0.25, 0.3) is 0 Å². The zero-order chi connectivity index (χ0) is 56.7. The van der Waals surface area contributed by atoms with Gasteiger partial charge in [-0.3, -0.25) is 9.89 Å². The van der Waals surface area contributed by atoms with E-state index in [0.29, 0.717) is 72.9 Å². The Labute approximate surface area is 476 Å². The highest BCUT2D eigenvalue weighted by Gasteiger charge is 2.47. The van der Waals surface area contributed by atoms with Crippen molar-refractivity contribution in [1.29, 1.82) is 0 Å². The number of nitrogens with zero attached hydrogens (tertiary/aromatic N) is 5. The number of fused-ring (bicyclic) bond motifs is 2. The summed E-state index contributed by atoms with van der Waals surface area (Å²) >= 11 is 6.17. The molecule has 2 saturated heterocycles. The van der Waals surface area contributed by atoms with Crippen molar-refractivity contribution in [2.24, 2.45) is 28.7 Å². The fourth-order valence-corrected chi connectivity index (χ4v) is 13.5. The highest BCUT2D eigenvalue weighted by molar-refractivity contribution is 6.31. The molecule has 0 bridgehead atoms. The molecular weight excluding hydrogens is 1000 g/mol. The van der Waals surface area contributed by atoms with Crippen LogP contribution in [0.25, 0.3) is 0 Å². The average Bonchev–Trinajstić information content (AvgIpc) is 4.23. The van der Waals surface area contributed by atoms with E-state index in [1.165, 1.54) is 81.4 Å². The van der Waals surface area contributed by atoms with Gasteiger partial charge in [-0.25, -0.2) is 0 Å². The predicted molar refractivity (Wildman–Crippen MR) is 322 cm³/mol. The Morgan fingerprint density at radius 3 is 2.21 bits per heavy atom. The molecule has 2 aliphatic carbocycles. The van der Waals surface area contributed by atoms with Crippen LogP contribution in [0.2, 0.25) is 5.02 Å². The molecule has 4 fully saturated rings. The molecule has 78 heavy (non-hydrogen) atoms. The van der Waals surface area contributed by atoms with E-state index in [2.05, 4.69) is 154 Å². The van der Waals surface area contributed by atoms with Crippen LogP contribution in [-0.2, 0) is 12.6 Å². The number of aryl methyl sites for hydroxylation is 1. The summed E-state index contributed by atoms with van der Waals surface area (Å²) in [5.41, 5.74) is 4.37. The van der Waals surface area contributed by atoms with Crippen LogP contribution in [0.1, 0.15) is 171 Å². The summed E-state index contributed by atoms with van der Waals surface area (Å²) < 4.78 is 40.8. The summed E-state index contributed by atoms with van der Waals surface area (Å²) in [5.74, 6) is 2.37. The summed E-state index contributed by atoms with van der Waals surface area (Å²) in [6.07, 6.45) is 21.5. The molecule has 5 aliphatic rings. The minimum atomic E-state index is -4.50. The van der Waals surface area contributed by atoms with E-state index in [-0.39, 0.29) is 16.6 Å². The van der Waals surface area contributed by atoms with E-state index < -0.39 is 11.7 Å². The summed E-state index contributed by atoms with van der Waals surface area (Å²) in [6, 6.07) is 7.12. The number of halogens is 4. The quantitative estimate of drug-likeness (QED) is 0.151. The fourth-order valence-electron chi connectivity index (χ4n) is 13.2. The van der Waals surface area contributed by atoms with E-state index in [1.807, 2.05) is 18.5 Å². The van der Waals surface area contributed by atoms with E-state index in [9.17, 15) is 13.2 Å². The lowest BCUT2D eigenvalue weighted by Gasteiger charge is -2.55. The lowest BCUT2D eigenvalue weighted by atomic mass is 9.80. The smallest absolute Gasteiger partial charge is 0.390 e. The number of rotatable bonds is 8. The molecule has 0 radical (unpaired) electrons. The maximum absolute atomic E-state index is 13.6. The summed E-state index contributed by atoms with van der Waals surface area (Å²) in [6.45, 7) is 32.5. The molecule has 1 spiro atoms. The lowest BCUT2D eigenvalue weighted by Crippen LogP contribution is -2.70. The van der Waals surface area contributed by atoms with Crippen molar-refractivity contribution in [3.05, 3.63) is 82.3 Å². The average molecular weight is 1110 g/mol. The first-order chi connectivity index (χ1) is 37.1. The third-order valence-corrected chi connectivity index (χ3v) is 19.1. The van der Waals surface area contributed by atoms with Gasteiger partial charge in [0.2, 0.25) is 0 Å². The van der Waals surface area contributed by atoms with Gasteiger partial charge in [-0.05, 0) is 153 Å². The monoisotopic (exact) mass is 1110 g/mol. The van der Waals surface area contributed by atoms with Gasteiger partial charge in [-0.15, -0.1) is 0 Å². The Morgan fingerprint density at radius 2 is 1.55 bits per heavy atom. The third-order valence-electron chi connectivity index (χ3n) is 18.8. The lowest BCUT2D eigenvalue weighted by molar-refractivity contribution is -0.137. The van der Waals surface area contributed by atoms with E-state index in [4.69, 9.17) is 16.6 Å². The highest BCUT2D eigenvalue weighted by Crippen LogP contribution is 2.40. The van der Waals surface area contributed by atoms with Gasteiger partial charge >= 0.3 is 6.18 Å². The van der Waals surface area contributed by atoms with Crippen LogP contribution in [0.4, 0.5) is 13.2 Å². The Kier molecular flexibility index (Phi) is 24.9. The molecule has 4 unspecified atom stereocenters. The Bertz CT molecular complexity index is 2150. The number of allylic oxidation sites excluding steroid dienone is 4. The molecule has 10 atom stereocenters. The first-order valence-electron chi connectivity index (χ1n) is 30.7. The highest BCUT2D eigenvalue weighted by atomic mass is 35.5. The first kappa shape index (κ1) is 64.1. The van der Waals surface area contributed by atoms with Crippen LogP contribution >= 0.6 is 11.6 Å². The van der Waals surface area contributed by atoms with Gasteiger partial charge in [0.15, 0.2) is 0 Å². The largest absolute Gasteiger partial charge is 0.417 e. The molecule has 3 aliphatic heterocycles. The third kappa shape index (κ3) is 18.2. The zero-order valence-electron chi connectivity index (χ0n) is 50.6. The SMILES string of the molecule is CC[C@H](C)[C@H]1CN[C@@H](C)C(C)NCC2[C@H](C)CN2[C@@H](C2CCCC2)C(C)NC2(CCCC2)CNCCNC=CC(CCc2ccc(C(F)(F)F)c(Cl)c2)=NC=C(C)N(C)C=C(CC(C)C)N(C)C=C2CCCN2[C@@H](C)C(C)N1. The van der Waals surface area contributed by atoms with Crippen LogP contribution in [0.3, 0.4) is 0 Å². The van der Waals surface area contributed by atoms with Gasteiger partial charge < -0.3 is 46.6 Å². The fraction of sp³-hybridized carbons (Fsp3) is 0.762. The topological polar surface area (TPSA) is 97.5 Å². The second kappa shape index (κ2) is 30.3. The van der Waals surface area contributed by atoms with Gasteiger partial charge in [0, 0.05) is 155 Å². The summed E-state index contributed by atoms with van der Waals surface area (Å²) in [4.78, 5) is 15.0. The van der Waals surface area contributed by atoms with Crippen LogP contribution in [0, 0.1) is 23.7 Å². The van der Waals surface area contributed by atoms with Crippen molar-refractivity contribution >= 4 is 17.3 Å². The maximum Gasteiger partial charge on any atom is 0.417 e. The van der Waals surface area contributed by atoms with Crippen LogP contribution < -0.4 is 31.9 Å². The van der Waals surface area contributed by atoms with Crippen LogP contribution in [0.5, 0.6) is 0 Å². The van der Waals surface area contributed by atoms with Gasteiger partial charge in [0.1, 0.15) is 0 Å². The van der Waals surface area contributed by atoms with Gasteiger partial charge in [-0.1, -0.05) is 84.4 Å². The normalized spacial score (nSPS) is 30.4. The second-order valence-electron chi connectivity index (χ2n) is 25.3. The van der Waals surface area contributed by atoms with Crippen molar-refractivity contribution in [3.8, 4) is 0 Å². The number of alkyl halides is 3. The molecule has 3 heterocycles. The van der Waals surface area contributed by atoms with Crippen LogP contribution in [0.15, 0.2) is 71.2 Å². The molecule has 6 rings (SSSR count). The van der Waals surface area contributed by atoms with Crippen LogP contribution in [-0.4, -0.2) is 139 Å². The van der Waals surface area contributed by atoms with Crippen molar-refractivity contribution in [3.63, 3.8) is 0 Å². The number of hydrogen-bond donors (Lipinski definition) is 6. The summed E-state index contributed by atoms with van der Waals surface area (Å²) in [5, 5.41) is 23.7. The molecular formula is C63H107ClF3N11. The molecule has 2 saturated carbocycles. The Balaban J connectivity index is 1.27. The standard InChI is InChI=1S/C63H107ClF3N11/c1-14-44(4)59-37-70-47(7)48(8)71-38-60-45(5)39-78(60)61(53-20-15-16-21-53)50(10)74-62(28-17-18-29-62)42-69-32-31-68-30-27-54(25-23-52-24-26-57(58(64)35-52)63(65,66)67)72-36-46(6)75(12)41-56(34-43(2)3)76(13)40-55-22-19-33-77(55)51(11)49(9)73-59/h24,26-27,30,35-36,40-41,43-45,47-51,53,59-61,68-71,73-74H,14-23,25,28-29,31-34,37-39,42H2,1-13H3/t44-,45+,47-,48?,49?,50?,51-,59+,60?,61+/m0/s1. The second-order valence-corrected chi connectivity index (χ2v) is 25.7.